The lowest BCUT2D eigenvalue weighted by Gasteiger charge is -1.99. The zero-order chi connectivity index (χ0) is 16.7. The van der Waals surface area contributed by atoms with E-state index in [0.717, 1.165) is 27.3 Å². The van der Waals surface area contributed by atoms with Crippen LogP contribution in [0.3, 0.4) is 0 Å². The van der Waals surface area contributed by atoms with Crippen LogP contribution in [0.2, 0.25) is 0 Å². The molecule has 6 nitrogen and oxygen atoms in total. The first-order chi connectivity index (χ1) is 11.7. The van der Waals surface area contributed by atoms with Gasteiger partial charge in [-0.25, -0.2) is 9.97 Å². The highest BCUT2D eigenvalue weighted by molar-refractivity contribution is 7.22. The van der Waals surface area contributed by atoms with E-state index < -0.39 is 0 Å². The van der Waals surface area contributed by atoms with Crippen molar-refractivity contribution in [1.82, 2.24) is 14.4 Å². The summed E-state index contributed by atoms with van der Waals surface area (Å²) in [5, 5.41) is 3.38. The number of aryl methyl sites for hydroxylation is 1. The molecule has 0 bridgehead atoms. The molecule has 0 unspecified atom stereocenters. The number of aromatic nitrogens is 3. The highest BCUT2D eigenvalue weighted by Crippen LogP contribution is 2.29. The lowest BCUT2D eigenvalue weighted by atomic mass is 10.3. The lowest BCUT2D eigenvalue weighted by molar-refractivity contribution is 0.102. The van der Waals surface area contributed by atoms with Crippen LogP contribution in [-0.2, 0) is 0 Å². The highest BCUT2D eigenvalue weighted by Gasteiger charge is 2.17. The summed E-state index contributed by atoms with van der Waals surface area (Å²) in [7, 11) is 1.62. The van der Waals surface area contributed by atoms with Crippen molar-refractivity contribution in [3.05, 3.63) is 54.1 Å². The summed E-state index contributed by atoms with van der Waals surface area (Å²) in [5.74, 6) is 1.27. The van der Waals surface area contributed by atoms with Gasteiger partial charge in [0.2, 0.25) is 0 Å². The molecule has 7 heteroatoms. The molecule has 4 aromatic rings. The number of anilines is 1. The Morgan fingerprint density at radius 2 is 2.12 bits per heavy atom. The first kappa shape index (κ1) is 14.6. The Bertz CT molecular complexity index is 1070. The third-order valence-corrected chi connectivity index (χ3v) is 4.69. The van der Waals surface area contributed by atoms with Gasteiger partial charge in [-0.2, -0.15) is 0 Å². The number of methoxy groups -OCH3 is 1. The number of benzene rings is 1. The SMILES string of the molecule is COc1ccc2nc(NC(=O)c3nc(C)n4ccccc34)sc2c1. The predicted molar refractivity (Wildman–Crippen MR) is 94.1 cm³/mol. The molecule has 1 N–H and O–H groups in total. The standard InChI is InChI=1S/C17H14N4O2S/c1-10-18-15(13-5-3-4-8-21(10)13)16(22)20-17-19-12-7-6-11(23-2)9-14(12)24-17/h3-9H,1-2H3,(H,19,20,22). The zero-order valence-electron chi connectivity index (χ0n) is 13.1. The van der Waals surface area contributed by atoms with Crippen LogP contribution in [0.25, 0.3) is 15.7 Å². The van der Waals surface area contributed by atoms with E-state index in [4.69, 9.17) is 4.74 Å². The Labute approximate surface area is 141 Å². The molecule has 120 valence electrons. The van der Waals surface area contributed by atoms with Gasteiger partial charge in [0.25, 0.3) is 5.91 Å². The van der Waals surface area contributed by atoms with Crippen LogP contribution in [-0.4, -0.2) is 27.4 Å². The molecule has 0 aliphatic heterocycles. The van der Waals surface area contributed by atoms with E-state index in [1.165, 1.54) is 11.3 Å². The minimum absolute atomic E-state index is 0.266. The number of nitrogens with zero attached hydrogens (tertiary/aromatic N) is 3. The second-order valence-corrected chi connectivity index (χ2v) is 6.30. The molecule has 0 aliphatic rings. The molecule has 0 saturated carbocycles. The van der Waals surface area contributed by atoms with Gasteiger partial charge in [-0.3, -0.25) is 10.1 Å². The van der Waals surface area contributed by atoms with Gasteiger partial charge in [0.15, 0.2) is 10.8 Å². The molecule has 0 atom stereocenters. The van der Waals surface area contributed by atoms with Gasteiger partial charge in [0, 0.05) is 6.20 Å². The number of rotatable bonds is 3. The number of pyridine rings is 1. The smallest absolute Gasteiger partial charge is 0.278 e. The summed E-state index contributed by atoms with van der Waals surface area (Å²) in [6.07, 6.45) is 1.89. The second-order valence-electron chi connectivity index (χ2n) is 5.27. The number of thiazole rings is 1. The van der Waals surface area contributed by atoms with E-state index in [2.05, 4.69) is 15.3 Å². The van der Waals surface area contributed by atoms with Crippen molar-refractivity contribution in [3.63, 3.8) is 0 Å². The van der Waals surface area contributed by atoms with Crippen molar-refractivity contribution < 1.29 is 9.53 Å². The molecule has 0 spiro atoms. The molecule has 24 heavy (non-hydrogen) atoms. The summed E-state index contributed by atoms with van der Waals surface area (Å²) < 4.78 is 8.05. The number of fused-ring (bicyclic) bond motifs is 2. The molecule has 3 aromatic heterocycles. The van der Waals surface area contributed by atoms with E-state index in [9.17, 15) is 4.79 Å². The van der Waals surface area contributed by atoms with Gasteiger partial charge in [-0.15, -0.1) is 0 Å². The van der Waals surface area contributed by atoms with Crippen LogP contribution in [0.4, 0.5) is 5.13 Å². The van der Waals surface area contributed by atoms with E-state index in [1.807, 2.05) is 53.9 Å². The fraction of sp³-hybridized carbons (Fsp3) is 0.118. The summed E-state index contributed by atoms with van der Waals surface area (Å²) in [4.78, 5) is 21.4. The van der Waals surface area contributed by atoms with Crippen molar-refractivity contribution in [3.8, 4) is 5.75 Å². The van der Waals surface area contributed by atoms with Crippen LogP contribution in [0, 0.1) is 6.92 Å². The van der Waals surface area contributed by atoms with Crippen LogP contribution in [0.1, 0.15) is 16.3 Å². The fourth-order valence-corrected chi connectivity index (χ4v) is 3.49. The topological polar surface area (TPSA) is 68.5 Å². The van der Waals surface area contributed by atoms with Crippen LogP contribution in [0.15, 0.2) is 42.6 Å². The molecule has 0 aliphatic carbocycles. The third kappa shape index (κ3) is 2.39. The summed E-state index contributed by atoms with van der Waals surface area (Å²) in [6, 6.07) is 11.3. The fourth-order valence-electron chi connectivity index (χ4n) is 2.60. The van der Waals surface area contributed by atoms with E-state index >= 15 is 0 Å². The molecule has 4 rings (SSSR count). The molecule has 3 heterocycles. The maximum absolute atomic E-state index is 12.6. The molecule has 1 aromatic carbocycles. The minimum Gasteiger partial charge on any atom is -0.497 e. The Morgan fingerprint density at radius 3 is 2.96 bits per heavy atom. The molecule has 0 saturated heterocycles. The van der Waals surface area contributed by atoms with Gasteiger partial charge in [0.05, 0.1) is 22.8 Å². The Balaban J connectivity index is 1.68. The number of hydrogen-bond acceptors (Lipinski definition) is 5. The van der Waals surface area contributed by atoms with Gasteiger partial charge >= 0.3 is 0 Å². The van der Waals surface area contributed by atoms with Gasteiger partial charge in [0.1, 0.15) is 11.6 Å². The normalized spacial score (nSPS) is 11.1. The molecule has 1 amide bonds. The van der Waals surface area contributed by atoms with Crippen molar-refractivity contribution in [2.24, 2.45) is 0 Å². The average molecular weight is 338 g/mol. The largest absolute Gasteiger partial charge is 0.497 e. The van der Waals surface area contributed by atoms with Gasteiger partial charge < -0.3 is 9.14 Å². The minimum atomic E-state index is -0.266. The third-order valence-electron chi connectivity index (χ3n) is 3.76. The number of nitrogens with one attached hydrogen (secondary N) is 1. The summed E-state index contributed by atoms with van der Waals surface area (Å²) in [5.41, 5.74) is 1.99. The quantitative estimate of drug-likeness (QED) is 0.621. The monoisotopic (exact) mass is 338 g/mol. The second kappa shape index (κ2) is 5.61. The Hall–Kier alpha value is -2.93. The van der Waals surface area contributed by atoms with Crippen molar-refractivity contribution in [2.45, 2.75) is 6.92 Å². The van der Waals surface area contributed by atoms with Crippen LogP contribution in [0.5, 0.6) is 5.75 Å². The first-order valence-electron chi connectivity index (χ1n) is 7.35. The van der Waals surface area contributed by atoms with E-state index in [1.54, 1.807) is 7.11 Å². The average Bonchev–Trinajstić information content (AvgIpc) is 3.15. The van der Waals surface area contributed by atoms with E-state index in [-0.39, 0.29) is 5.91 Å². The predicted octanol–water partition coefficient (Wildman–Crippen LogP) is 3.51. The number of carbonyl (C=O) groups is 1. The van der Waals surface area contributed by atoms with E-state index in [0.29, 0.717) is 10.8 Å². The first-order valence-corrected chi connectivity index (χ1v) is 8.17. The Kier molecular flexibility index (Phi) is 3.42. The molecule has 0 fully saturated rings. The number of amides is 1. The molecular weight excluding hydrogens is 324 g/mol. The number of ether oxygens (including phenoxy) is 1. The van der Waals surface area contributed by atoms with Crippen molar-refractivity contribution in [1.29, 1.82) is 0 Å². The number of hydrogen-bond donors (Lipinski definition) is 1. The maximum Gasteiger partial charge on any atom is 0.278 e. The van der Waals surface area contributed by atoms with Crippen LogP contribution >= 0.6 is 11.3 Å². The number of carbonyl (C=O) groups excluding carboxylic acids is 1. The molecular formula is C17H14N4O2S. The highest BCUT2D eigenvalue weighted by atomic mass is 32.1. The summed E-state index contributed by atoms with van der Waals surface area (Å²) in [6.45, 7) is 1.87. The Morgan fingerprint density at radius 1 is 1.25 bits per heavy atom. The summed E-state index contributed by atoms with van der Waals surface area (Å²) >= 11 is 1.40. The van der Waals surface area contributed by atoms with Crippen molar-refractivity contribution in [2.75, 3.05) is 12.4 Å². The van der Waals surface area contributed by atoms with Gasteiger partial charge in [-0.05, 0) is 37.3 Å². The lowest BCUT2D eigenvalue weighted by Crippen LogP contribution is -2.12. The van der Waals surface area contributed by atoms with Crippen LogP contribution < -0.4 is 10.1 Å². The number of imidazole rings is 1. The zero-order valence-corrected chi connectivity index (χ0v) is 13.9. The maximum atomic E-state index is 12.6. The van der Waals surface area contributed by atoms with Gasteiger partial charge in [-0.1, -0.05) is 17.4 Å². The molecule has 0 radical (unpaired) electrons. The van der Waals surface area contributed by atoms with Crippen molar-refractivity contribution >= 4 is 38.1 Å².